The molecule has 0 aliphatic heterocycles. The highest BCUT2D eigenvalue weighted by Gasteiger charge is 2.20. The average Bonchev–Trinajstić information content (AvgIpc) is 2.30. The number of hydrogen-bond donors (Lipinski definition) is 0. The van der Waals surface area contributed by atoms with Gasteiger partial charge in [0.05, 0.1) is 31.4 Å². The van der Waals surface area contributed by atoms with Gasteiger partial charge in [0.15, 0.2) is 0 Å². The first-order chi connectivity index (χ1) is 7.99. The SMILES string of the molecule is COC(=O)Cc1nc(C(F)F)c(OC)cc1Cl. The van der Waals surface area contributed by atoms with Crippen LogP contribution in [0, 0.1) is 0 Å². The van der Waals surface area contributed by atoms with Crippen molar-refractivity contribution < 1.29 is 23.0 Å². The Bertz CT molecular complexity index is 426. The van der Waals surface area contributed by atoms with E-state index < -0.39 is 18.1 Å². The molecular formula is C10H10ClF2NO3. The summed E-state index contributed by atoms with van der Waals surface area (Å²) in [6.07, 6.45) is -3.07. The molecule has 0 amide bonds. The fourth-order valence-electron chi connectivity index (χ4n) is 1.18. The lowest BCUT2D eigenvalue weighted by atomic mass is 10.2. The molecule has 4 nitrogen and oxygen atoms in total. The molecule has 0 fully saturated rings. The van der Waals surface area contributed by atoms with Crippen molar-refractivity contribution in [2.75, 3.05) is 14.2 Å². The van der Waals surface area contributed by atoms with E-state index in [9.17, 15) is 13.6 Å². The molecule has 1 rings (SSSR count). The Kier molecular flexibility index (Phi) is 4.62. The molecule has 0 aliphatic rings. The molecule has 17 heavy (non-hydrogen) atoms. The number of nitrogens with zero attached hydrogens (tertiary/aromatic N) is 1. The lowest BCUT2D eigenvalue weighted by Crippen LogP contribution is -2.09. The van der Waals surface area contributed by atoms with Crippen LogP contribution in [0.2, 0.25) is 5.02 Å². The fourth-order valence-corrected chi connectivity index (χ4v) is 1.39. The Labute approximate surface area is 101 Å². The molecule has 1 aromatic rings. The number of ether oxygens (including phenoxy) is 2. The minimum absolute atomic E-state index is 0.0367. The number of pyridine rings is 1. The Balaban J connectivity index is 3.15. The van der Waals surface area contributed by atoms with E-state index in [0.29, 0.717) is 0 Å². The van der Waals surface area contributed by atoms with E-state index in [1.807, 2.05) is 0 Å². The summed E-state index contributed by atoms with van der Waals surface area (Å²) in [7, 11) is 2.42. The minimum atomic E-state index is -2.81. The average molecular weight is 266 g/mol. The van der Waals surface area contributed by atoms with Crippen molar-refractivity contribution in [3.63, 3.8) is 0 Å². The van der Waals surface area contributed by atoms with Crippen LogP contribution >= 0.6 is 11.6 Å². The maximum atomic E-state index is 12.6. The molecule has 0 N–H and O–H groups in total. The molecular weight excluding hydrogens is 256 g/mol. The van der Waals surface area contributed by atoms with Crippen molar-refractivity contribution >= 4 is 17.6 Å². The smallest absolute Gasteiger partial charge is 0.311 e. The summed E-state index contributed by atoms with van der Waals surface area (Å²) in [5.41, 5.74) is -0.509. The number of esters is 1. The quantitative estimate of drug-likeness (QED) is 0.785. The highest BCUT2D eigenvalue weighted by molar-refractivity contribution is 6.31. The highest BCUT2D eigenvalue weighted by atomic mass is 35.5. The molecule has 0 saturated heterocycles. The molecule has 0 bridgehead atoms. The van der Waals surface area contributed by atoms with Crippen molar-refractivity contribution in [2.24, 2.45) is 0 Å². The van der Waals surface area contributed by atoms with Crippen molar-refractivity contribution in [3.8, 4) is 5.75 Å². The van der Waals surface area contributed by atoms with Gasteiger partial charge in [0.25, 0.3) is 6.43 Å². The topological polar surface area (TPSA) is 48.4 Å². The zero-order chi connectivity index (χ0) is 13.0. The molecule has 0 aliphatic carbocycles. The van der Waals surface area contributed by atoms with Gasteiger partial charge in [0.2, 0.25) is 0 Å². The second-order valence-electron chi connectivity index (χ2n) is 3.06. The van der Waals surface area contributed by atoms with Gasteiger partial charge in [-0.05, 0) is 0 Å². The van der Waals surface area contributed by atoms with Crippen LogP contribution in [0.4, 0.5) is 8.78 Å². The van der Waals surface area contributed by atoms with Gasteiger partial charge in [-0.1, -0.05) is 11.6 Å². The van der Waals surface area contributed by atoms with Crippen LogP contribution in [0.3, 0.4) is 0 Å². The van der Waals surface area contributed by atoms with E-state index in [0.717, 1.165) is 0 Å². The first-order valence-electron chi connectivity index (χ1n) is 4.57. The van der Waals surface area contributed by atoms with Crippen LogP contribution in [0.25, 0.3) is 0 Å². The van der Waals surface area contributed by atoms with Crippen molar-refractivity contribution in [2.45, 2.75) is 12.8 Å². The maximum absolute atomic E-state index is 12.6. The summed E-state index contributed by atoms with van der Waals surface area (Å²) in [4.78, 5) is 14.7. The van der Waals surface area contributed by atoms with Gasteiger partial charge < -0.3 is 9.47 Å². The number of carbonyl (C=O) groups is 1. The van der Waals surface area contributed by atoms with Crippen molar-refractivity contribution in [1.82, 2.24) is 4.98 Å². The molecule has 0 saturated carbocycles. The van der Waals surface area contributed by atoms with Crippen LogP contribution < -0.4 is 4.74 Å². The van der Waals surface area contributed by atoms with Crippen molar-refractivity contribution in [1.29, 1.82) is 0 Å². The summed E-state index contributed by atoms with van der Waals surface area (Å²) in [5, 5.41) is 0.0802. The zero-order valence-electron chi connectivity index (χ0n) is 9.17. The number of halogens is 3. The third kappa shape index (κ3) is 3.26. The Morgan fingerprint density at radius 1 is 1.53 bits per heavy atom. The van der Waals surface area contributed by atoms with Gasteiger partial charge in [-0.2, -0.15) is 0 Å². The molecule has 0 spiro atoms. The van der Waals surface area contributed by atoms with Gasteiger partial charge in [0, 0.05) is 6.07 Å². The monoisotopic (exact) mass is 265 g/mol. The highest BCUT2D eigenvalue weighted by Crippen LogP contribution is 2.31. The van der Waals surface area contributed by atoms with Crippen molar-refractivity contribution in [3.05, 3.63) is 22.5 Å². The van der Waals surface area contributed by atoms with E-state index in [2.05, 4.69) is 9.72 Å². The summed E-state index contributed by atoms with van der Waals surface area (Å²) in [5.74, 6) is -0.719. The first kappa shape index (κ1) is 13.6. The van der Waals surface area contributed by atoms with Crippen LogP contribution in [0.5, 0.6) is 5.75 Å². The van der Waals surface area contributed by atoms with Gasteiger partial charge in [-0.15, -0.1) is 0 Å². The Morgan fingerprint density at radius 3 is 2.65 bits per heavy atom. The summed E-state index contributed by atoms with van der Waals surface area (Å²) >= 11 is 5.79. The molecule has 0 atom stereocenters. The number of methoxy groups -OCH3 is 2. The fraction of sp³-hybridized carbons (Fsp3) is 0.400. The summed E-state index contributed by atoms with van der Waals surface area (Å²) in [6, 6.07) is 1.20. The Hall–Kier alpha value is -1.43. The number of rotatable bonds is 4. The number of aromatic nitrogens is 1. The summed E-state index contributed by atoms with van der Waals surface area (Å²) < 4.78 is 34.4. The van der Waals surface area contributed by atoms with E-state index in [4.69, 9.17) is 16.3 Å². The lowest BCUT2D eigenvalue weighted by molar-refractivity contribution is -0.139. The molecule has 94 valence electrons. The van der Waals surface area contributed by atoms with Crippen LogP contribution in [0.1, 0.15) is 17.8 Å². The van der Waals surface area contributed by atoms with Crippen LogP contribution in [-0.4, -0.2) is 25.2 Å². The normalized spacial score (nSPS) is 10.5. The second-order valence-corrected chi connectivity index (χ2v) is 3.47. The maximum Gasteiger partial charge on any atom is 0.311 e. The zero-order valence-corrected chi connectivity index (χ0v) is 9.92. The van der Waals surface area contributed by atoms with E-state index in [1.165, 1.54) is 20.3 Å². The summed E-state index contributed by atoms with van der Waals surface area (Å²) in [6.45, 7) is 0. The van der Waals surface area contributed by atoms with Gasteiger partial charge in [-0.25, -0.2) is 13.8 Å². The second kappa shape index (κ2) is 5.77. The van der Waals surface area contributed by atoms with Crippen LogP contribution in [-0.2, 0) is 16.0 Å². The Morgan fingerprint density at radius 2 is 2.18 bits per heavy atom. The lowest BCUT2D eigenvalue weighted by Gasteiger charge is -2.10. The molecule has 1 aromatic heterocycles. The van der Waals surface area contributed by atoms with Gasteiger partial charge >= 0.3 is 5.97 Å². The standard InChI is InChI=1S/C10H10ClF2NO3/c1-16-7-3-5(11)6(4-8(15)17-2)14-9(7)10(12)13/h3,10H,4H2,1-2H3. The number of carbonyl (C=O) groups excluding carboxylic acids is 1. The molecule has 0 unspecified atom stereocenters. The van der Waals surface area contributed by atoms with E-state index in [1.54, 1.807) is 0 Å². The third-order valence-electron chi connectivity index (χ3n) is 2.01. The number of hydrogen-bond acceptors (Lipinski definition) is 4. The van der Waals surface area contributed by atoms with Gasteiger partial charge in [0.1, 0.15) is 11.4 Å². The molecule has 0 aromatic carbocycles. The largest absolute Gasteiger partial charge is 0.495 e. The van der Waals surface area contributed by atoms with Crippen LogP contribution in [0.15, 0.2) is 6.07 Å². The van der Waals surface area contributed by atoms with E-state index in [-0.39, 0.29) is 22.9 Å². The predicted molar refractivity (Wildman–Crippen MR) is 56.5 cm³/mol. The molecule has 7 heteroatoms. The predicted octanol–water partition coefficient (Wildman–Crippen LogP) is 2.40. The van der Waals surface area contributed by atoms with Gasteiger partial charge in [-0.3, -0.25) is 4.79 Å². The third-order valence-corrected chi connectivity index (χ3v) is 2.33. The molecule has 1 heterocycles. The minimum Gasteiger partial charge on any atom is -0.495 e. The molecule has 0 radical (unpaired) electrons. The first-order valence-corrected chi connectivity index (χ1v) is 4.95. The number of alkyl halides is 2. The van der Waals surface area contributed by atoms with E-state index >= 15 is 0 Å².